The predicted molar refractivity (Wildman–Crippen MR) is 82.7 cm³/mol. The highest BCUT2D eigenvalue weighted by Gasteiger charge is 2.12. The molecular formula is C17H17NO4. The Morgan fingerprint density at radius 2 is 1.73 bits per heavy atom. The van der Waals surface area contributed by atoms with Crippen molar-refractivity contribution in [2.45, 2.75) is 0 Å². The first-order chi connectivity index (χ1) is 10.7. The van der Waals surface area contributed by atoms with Crippen LogP contribution in [0.2, 0.25) is 0 Å². The van der Waals surface area contributed by atoms with Gasteiger partial charge < -0.3 is 14.8 Å². The lowest BCUT2D eigenvalue weighted by Crippen LogP contribution is -2.17. The first-order valence-electron chi connectivity index (χ1n) is 6.77. The fraction of sp³-hybridized carbons (Fsp3) is 0.176. The Balaban J connectivity index is 2.00. The summed E-state index contributed by atoms with van der Waals surface area (Å²) in [7, 11) is 3.09. The van der Waals surface area contributed by atoms with Gasteiger partial charge in [0.2, 0.25) is 5.78 Å². The first-order valence-corrected chi connectivity index (χ1v) is 6.77. The van der Waals surface area contributed by atoms with Crippen molar-refractivity contribution < 1.29 is 19.1 Å². The second-order valence-corrected chi connectivity index (χ2v) is 4.52. The van der Waals surface area contributed by atoms with Crippen molar-refractivity contribution >= 4 is 11.7 Å². The van der Waals surface area contributed by atoms with Crippen LogP contribution >= 0.6 is 0 Å². The number of amides is 1. The van der Waals surface area contributed by atoms with Crippen molar-refractivity contribution in [1.82, 2.24) is 5.32 Å². The van der Waals surface area contributed by atoms with Crippen LogP contribution in [0.4, 0.5) is 0 Å². The summed E-state index contributed by atoms with van der Waals surface area (Å²) in [5.74, 6) is 0.700. The van der Waals surface area contributed by atoms with Crippen LogP contribution in [-0.4, -0.2) is 32.5 Å². The number of nitrogens with one attached hydrogen (secondary N) is 1. The van der Waals surface area contributed by atoms with E-state index in [1.165, 1.54) is 7.11 Å². The summed E-state index contributed by atoms with van der Waals surface area (Å²) in [6.45, 7) is -0.0975. The van der Waals surface area contributed by atoms with E-state index in [-0.39, 0.29) is 18.3 Å². The highest BCUT2D eigenvalue weighted by Crippen LogP contribution is 2.19. The molecule has 2 rings (SSSR count). The lowest BCUT2D eigenvalue weighted by atomic mass is 10.1. The Labute approximate surface area is 128 Å². The van der Waals surface area contributed by atoms with Gasteiger partial charge in [-0.25, -0.2) is 0 Å². The molecule has 0 bridgehead atoms. The maximum absolute atomic E-state index is 12.2. The van der Waals surface area contributed by atoms with Crippen LogP contribution in [0.15, 0.2) is 48.5 Å². The Morgan fingerprint density at radius 1 is 1.05 bits per heavy atom. The number of Topliss-reactive ketones (excluding diaryl/α,β-unsaturated/α-hetero) is 1. The number of ketones is 1. The normalized spacial score (nSPS) is 9.91. The van der Waals surface area contributed by atoms with E-state index in [1.54, 1.807) is 55.6 Å². The molecule has 0 unspecified atom stereocenters. The van der Waals surface area contributed by atoms with E-state index in [1.807, 2.05) is 0 Å². The zero-order valence-electron chi connectivity index (χ0n) is 12.5. The molecule has 5 heteroatoms. The van der Waals surface area contributed by atoms with Crippen molar-refractivity contribution in [2.24, 2.45) is 0 Å². The lowest BCUT2D eigenvalue weighted by molar-refractivity contribution is 0.0916. The number of carbonyl (C=O) groups excluding carboxylic acids is 2. The Hall–Kier alpha value is -2.82. The van der Waals surface area contributed by atoms with Crippen LogP contribution in [0.5, 0.6) is 11.5 Å². The molecule has 0 saturated heterocycles. The zero-order chi connectivity index (χ0) is 15.9. The number of para-hydroxylation sites is 1. The van der Waals surface area contributed by atoms with Crippen LogP contribution in [0.25, 0.3) is 0 Å². The quantitative estimate of drug-likeness (QED) is 0.831. The average Bonchev–Trinajstić information content (AvgIpc) is 2.59. The molecular weight excluding hydrogens is 282 g/mol. The van der Waals surface area contributed by atoms with Gasteiger partial charge in [0.15, 0.2) is 6.61 Å². The van der Waals surface area contributed by atoms with Crippen LogP contribution in [0, 0.1) is 0 Å². The molecule has 0 aliphatic heterocycles. The van der Waals surface area contributed by atoms with Crippen LogP contribution in [-0.2, 0) is 0 Å². The smallest absolute Gasteiger partial charge is 0.251 e. The van der Waals surface area contributed by atoms with E-state index in [0.29, 0.717) is 22.6 Å². The Morgan fingerprint density at radius 3 is 2.36 bits per heavy atom. The maximum Gasteiger partial charge on any atom is 0.251 e. The van der Waals surface area contributed by atoms with Gasteiger partial charge >= 0.3 is 0 Å². The van der Waals surface area contributed by atoms with Gasteiger partial charge in [0.05, 0.1) is 12.7 Å². The number of benzene rings is 2. The zero-order valence-corrected chi connectivity index (χ0v) is 12.5. The van der Waals surface area contributed by atoms with Crippen molar-refractivity contribution in [3.05, 3.63) is 59.7 Å². The van der Waals surface area contributed by atoms with E-state index >= 15 is 0 Å². The predicted octanol–water partition coefficient (Wildman–Crippen LogP) is 2.32. The Bertz CT molecular complexity index is 665. The molecule has 1 N–H and O–H groups in total. The molecule has 0 radical (unpaired) electrons. The summed E-state index contributed by atoms with van der Waals surface area (Å²) in [6.07, 6.45) is 0. The van der Waals surface area contributed by atoms with Crippen molar-refractivity contribution in [3.8, 4) is 11.5 Å². The van der Waals surface area contributed by atoms with Gasteiger partial charge in [-0.15, -0.1) is 0 Å². The average molecular weight is 299 g/mol. The fourth-order valence-corrected chi connectivity index (χ4v) is 1.95. The molecule has 0 saturated carbocycles. The molecule has 0 fully saturated rings. The lowest BCUT2D eigenvalue weighted by Gasteiger charge is -2.09. The third-order valence-corrected chi connectivity index (χ3v) is 3.12. The fourth-order valence-electron chi connectivity index (χ4n) is 1.95. The van der Waals surface area contributed by atoms with E-state index in [4.69, 9.17) is 9.47 Å². The standard InChI is InChI=1S/C17H17NO4/c1-18-17(20)12-7-9-13(10-8-12)22-11-15(19)14-5-3-4-6-16(14)21-2/h3-10H,11H2,1-2H3,(H,18,20). The summed E-state index contributed by atoms with van der Waals surface area (Å²) in [6, 6.07) is 13.6. The van der Waals surface area contributed by atoms with Gasteiger partial charge in [0.25, 0.3) is 5.91 Å². The molecule has 0 aromatic heterocycles. The third-order valence-electron chi connectivity index (χ3n) is 3.12. The third kappa shape index (κ3) is 3.63. The molecule has 0 spiro atoms. The molecule has 2 aromatic rings. The highest BCUT2D eigenvalue weighted by molar-refractivity contribution is 5.99. The second-order valence-electron chi connectivity index (χ2n) is 4.52. The van der Waals surface area contributed by atoms with Crippen LogP contribution in [0.1, 0.15) is 20.7 Å². The molecule has 0 aliphatic carbocycles. The van der Waals surface area contributed by atoms with Gasteiger partial charge in [-0.2, -0.15) is 0 Å². The van der Waals surface area contributed by atoms with Crippen molar-refractivity contribution in [1.29, 1.82) is 0 Å². The number of hydrogen-bond donors (Lipinski definition) is 1. The molecule has 0 heterocycles. The van der Waals surface area contributed by atoms with Gasteiger partial charge in [-0.05, 0) is 36.4 Å². The van der Waals surface area contributed by atoms with Crippen molar-refractivity contribution in [3.63, 3.8) is 0 Å². The monoisotopic (exact) mass is 299 g/mol. The van der Waals surface area contributed by atoms with Gasteiger partial charge in [0.1, 0.15) is 11.5 Å². The number of rotatable bonds is 6. The summed E-state index contributed by atoms with van der Waals surface area (Å²) in [5.41, 5.74) is 1.01. The molecule has 22 heavy (non-hydrogen) atoms. The highest BCUT2D eigenvalue weighted by atomic mass is 16.5. The minimum Gasteiger partial charge on any atom is -0.496 e. The molecule has 1 amide bonds. The summed E-state index contributed by atoms with van der Waals surface area (Å²) < 4.78 is 10.6. The summed E-state index contributed by atoms with van der Waals surface area (Å²) in [5, 5.41) is 2.54. The number of methoxy groups -OCH3 is 1. The topological polar surface area (TPSA) is 64.6 Å². The number of hydrogen-bond acceptors (Lipinski definition) is 4. The minimum absolute atomic E-state index is 0.0975. The molecule has 2 aromatic carbocycles. The summed E-state index contributed by atoms with van der Waals surface area (Å²) in [4.78, 5) is 23.6. The number of ether oxygens (including phenoxy) is 2. The molecule has 0 atom stereocenters. The Kier molecular flexibility index (Phi) is 5.14. The maximum atomic E-state index is 12.2. The van der Waals surface area contributed by atoms with Gasteiger partial charge in [0, 0.05) is 12.6 Å². The minimum atomic E-state index is -0.173. The van der Waals surface area contributed by atoms with E-state index < -0.39 is 0 Å². The van der Waals surface area contributed by atoms with Crippen molar-refractivity contribution in [2.75, 3.05) is 20.8 Å². The van der Waals surface area contributed by atoms with Crippen LogP contribution in [0.3, 0.4) is 0 Å². The second kappa shape index (κ2) is 7.26. The molecule has 114 valence electrons. The van der Waals surface area contributed by atoms with Gasteiger partial charge in [-0.1, -0.05) is 12.1 Å². The first kappa shape index (κ1) is 15.6. The largest absolute Gasteiger partial charge is 0.496 e. The SMILES string of the molecule is CNC(=O)c1ccc(OCC(=O)c2ccccc2OC)cc1. The summed E-state index contributed by atoms with van der Waals surface area (Å²) >= 11 is 0. The van der Waals surface area contributed by atoms with E-state index in [0.717, 1.165) is 0 Å². The van der Waals surface area contributed by atoms with E-state index in [9.17, 15) is 9.59 Å². The van der Waals surface area contributed by atoms with Gasteiger partial charge in [-0.3, -0.25) is 9.59 Å². The molecule has 0 aliphatic rings. The van der Waals surface area contributed by atoms with E-state index in [2.05, 4.69) is 5.32 Å². The van der Waals surface area contributed by atoms with Crippen LogP contribution < -0.4 is 14.8 Å². The number of carbonyl (C=O) groups is 2. The molecule has 5 nitrogen and oxygen atoms in total.